The van der Waals surface area contributed by atoms with E-state index in [9.17, 15) is 0 Å². The van der Waals surface area contributed by atoms with Crippen LogP contribution in [0.2, 0.25) is 0 Å². The zero-order valence-corrected chi connectivity index (χ0v) is 14.7. The van der Waals surface area contributed by atoms with E-state index in [1.54, 1.807) is 0 Å². The van der Waals surface area contributed by atoms with E-state index in [4.69, 9.17) is 0 Å². The molecule has 0 heterocycles. The predicted octanol–water partition coefficient (Wildman–Crippen LogP) is 6.20. The standard InChI is InChI=1S/C15H13Br3/c1-10-3-2-4-11(7-10)8-15(18)13-9-12(16)5-6-14(13)17/h2-7,9,15H,8H2,1H3. The molecular weight excluding hydrogens is 420 g/mol. The third kappa shape index (κ3) is 3.69. The maximum absolute atomic E-state index is 3.78. The Balaban J connectivity index is 2.21. The van der Waals surface area contributed by atoms with Crippen molar-refractivity contribution in [3.05, 3.63) is 68.1 Å². The summed E-state index contributed by atoms with van der Waals surface area (Å²) in [6.07, 6.45) is 0.983. The molecule has 94 valence electrons. The van der Waals surface area contributed by atoms with Crippen molar-refractivity contribution in [1.29, 1.82) is 0 Å². The van der Waals surface area contributed by atoms with Gasteiger partial charge in [-0.3, -0.25) is 0 Å². The van der Waals surface area contributed by atoms with Crippen LogP contribution in [-0.4, -0.2) is 0 Å². The van der Waals surface area contributed by atoms with E-state index >= 15 is 0 Å². The quantitative estimate of drug-likeness (QED) is 0.506. The Kier molecular flexibility index (Phi) is 5.05. The lowest BCUT2D eigenvalue weighted by Crippen LogP contribution is -1.97. The van der Waals surface area contributed by atoms with Crippen molar-refractivity contribution in [2.24, 2.45) is 0 Å². The highest BCUT2D eigenvalue weighted by atomic mass is 79.9. The van der Waals surface area contributed by atoms with Crippen molar-refractivity contribution < 1.29 is 0 Å². The highest BCUT2D eigenvalue weighted by Gasteiger charge is 2.12. The summed E-state index contributed by atoms with van der Waals surface area (Å²) in [5.41, 5.74) is 3.93. The summed E-state index contributed by atoms with van der Waals surface area (Å²) in [6.45, 7) is 2.13. The van der Waals surface area contributed by atoms with Crippen LogP contribution in [0.25, 0.3) is 0 Å². The highest BCUT2D eigenvalue weighted by Crippen LogP contribution is 2.34. The third-order valence-electron chi connectivity index (χ3n) is 2.79. The van der Waals surface area contributed by atoms with Gasteiger partial charge in [0.05, 0.1) is 0 Å². The molecule has 1 atom stereocenters. The average Bonchev–Trinajstić information content (AvgIpc) is 2.32. The van der Waals surface area contributed by atoms with E-state index in [0.717, 1.165) is 15.4 Å². The molecule has 0 amide bonds. The van der Waals surface area contributed by atoms with Crippen LogP contribution in [0.1, 0.15) is 21.5 Å². The van der Waals surface area contributed by atoms with Crippen LogP contribution in [0.3, 0.4) is 0 Å². The van der Waals surface area contributed by atoms with Crippen LogP contribution < -0.4 is 0 Å². The molecule has 2 rings (SSSR count). The van der Waals surface area contributed by atoms with Gasteiger partial charge in [0.15, 0.2) is 0 Å². The van der Waals surface area contributed by atoms with Crippen molar-refractivity contribution in [3.8, 4) is 0 Å². The lowest BCUT2D eigenvalue weighted by molar-refractivity contribution is 0.940. The molecule has 0 aliphatic heterocycles. The molecule has 0 aliphatic carbocycles. The SMILES string of the molecule is Cc1cccc(CC(Br)c2cc(Br)ccc2Br)c1. The van der Waals surface area contributed by atoms with Crippen LogP contribution >= 0.6 is 47.8 Å². The maximum atomic E-state index is 3.78. The van der Waals surface area contributed by atoms with Crippen LogP contribution in [0.15, 0.2) is 51.4 Å². The highest BCUT2D eigenvalue weighted by molar-refractivity contribution is 9.11. The van der Waals surface area contributed by atoms with E-state index in [1.165, 1.54) is 16.7 Å². The second-order valence-corrected chi connectivity index (χ2v) is 7.20. The monoisotopic (exact) mass is 430 g/mol. The van der Waals surface area contributed by atoms with E-state index in [0.29, 0.717) is 4.83 Å². The molecule has 0 aliphatic rings. The van der Waals surface area contributed by atoms with Gasteiger partial charge in [-0.1, -0.05) is 77.6 Å². The van der Waals surface area contributed by atoms with Crippen LogP contribution in [-0.2, 0) is 6.42 Å². The normalized spacial score (nSPS) is 12.4. The van der Waals surface area contributed by atoms with Gasteiger partial charge in [0, 0.05) is 13.8 Å². The molecule has 2 aromatic rings. The van der Waals surface area contributed by atoms with E-state index < -0.39 is 0 Å². The Labute approximate surface area is 133 Å². The van der Waals surface area contributed by atoms with Crippen LogP contribution in [0.5, 0.6) is 0 Å². The number of benzene rings is 2. The van der Waals surface area contributed by atoms with Gasteiger partial charge in [0.2, 0.25) is 0 Å². The largest absolute Gasteiger partial charge is 0.0835 e. The average molecular weight is 433 g/mol. The second-order valence-electron chi connectivity index (χ2n) is 4.33. The molecule has 0 radical (unpaired) electrons. The lowest BCUT2D eigenvalue weighted by atomic mass is 10.0. The Morgan fingerprint density at radius 3 is 2.56 bits per heavy atom. The molecule has 0 N–H and O–H groups in total. The first-order valence-electron chi connectivity index (χ1n) is 5.71. The fourth-order valence-corrected chi connectivity index (χ4v) is 3.87. The molecule has 0 bridgehead atoms. The topological polar surface area (TPSA) is 0 Å². The molecule has 0 fully saturated rings. The summed E-state index contributed by atoms with van der Waals surface area (Å²) in [7, 11) is 0. The van der Waals surface area contributed by atoms with Crippen molar-refractivity contribution in [1.82, 2.24) is 0 Å². The Morgan fingerprint density at radius 2 is 1.83 bits per heavy atom. The zero-order valence-electron chi connectivity index (χ0n) is 9.96. The first kappa shape index (κ1) is 14.3. The van der Waals surface area contributed by atoms with E-state index in [-0.39, 0.29) is 0 Å². The summed E-state index contributed by atoms with van der Waals surface area (Å²) < 4.78 is 2.25. The maximum Gasteiger partial charge on any atom is 0.0447 e. The van der Waals surface area contributed by atoms with Crippen LogP contribution in [0, 0.1) is 6.92 Å². The Morgan fingerprint density at radius 1 is 1.06 bits per heavy atom. The van der Waals surface area contributed by atoms with Crippen molar-refractivity contribution in [2.75, 3.05) is 0 Å². The Bertz CT molecular complexity index is 549. The Hall–Kier alpha value is -0.120. The molecule has 0 spiro atoms. The van der Waals surface area contributed by atoms with Gasteiger partial charge in [-0.25, -0.2) is 0 Å². The van der Waals surface area contributed by atoms with Gasteiger partial charge in [-0.05, 0) is 42.7 Å². The van der Waals surface area contributed by atoms with E-state index in [1.807, 2.05) is 6.07 Å². The molecule has 0 aromatic heterocycles. The molecule has 0 saturated carbocycles. The number of hydrogen-bond donors (Lipinski definition) is 0. The summed E-state index contributed by atoms with van der Waals surface area (Å²) >= 11 is 10.9. The number of hydrogen-bond acceptors (Lipinski definition) is 0. The number of alkyl halides is 1. The van der Waals surface area contributed by atoms with Gasteiger partial charge >= 0.3 is 0 Å². The molecule has 0 saturated heterocycles. The van der Waals surface area contributed by atoms with Crippen molar-refractivity contribution in [2.45, 2.75) is 18.2 Å². The minimum Gasteiger partial charge on any atom is -0.0835 e. The molecular formula is C15H13Br3. The number of aryl methyl sites for hydroxylation is 1. The zero-order chi connectivity index (χ0) is 13.1. The van der Waals surface area contributed by atoms with Gasteiger partial charge in [0.1, 0.15) is 0 Å². The summed E-state index contributed by atoms with van der Waals surface area (Å²) in [4.78, 5) is 0.311. The second kappa shape index (κ2) is 6.36. The van der Waals surface area contributed by atoms with Crippen LogP contribution in [0.4, 0.5) is 0 Å². The van der Waals surface area contributed by atoms with Gasteiger partial charge in [-0.2, -0.15) is 0 Å². The summed E-state index contributed by atoms with van der Waals surface area (Å²) in [5, 5.41) is 0. The lowest BCUT2D eigenvalue weighted by Gasteiger charge is -2.13. The minimum atomic E-state index is 0.311. The molecule has 0 nitrogen and oxygen atoms in total. The fraction of sp³-hybridized carbons (Fsp3) is 0.200. The molecule has 2 aromatic carbocycles. The van der Waals surface area contributed by atoms with Crippen molar-refractivity contribution in [3.63, 3.8) is 0 Å². The summed E-state index contributed by atoms with van der Waals surface area (Å²) in [5.74, 6) is 0. The van der Waals surface area contributed by atoms with Gasteiger partial charge in [0.25, 0.3) is 0 Å². The third-order valence-corrected chi connectivity index (χ3v) is 4.83. The smallest absolute Gasteiger partial charge is 0.0447 e. The molecule has 18 heavy (non-hydrogen) atoms. The number of halogens is 3. The van der Waals surface area contributed by atoms with Crippen molar-refractivity contribution >= 4 is 47.8 Å². The van der Waals surface area contributed by atoms with E-state index in [2.05, 4.69) is 91.1 Å². The summed E-state index contributed by atoms with van der Waals surface area (Å²) in [6, 6.07) is 14.9. The first-order valence-corrected chi connectivity index (χ1v) is 8.21. The molecule has 1 unspecified atom stereocenters. The predicted molar refractivity (Wildman–Crippen MR) is 88.4 cm³/mol. The van der Waals surface area contributed by atoms with Gasteiger partial charge in [-0.15, -0.1) is 0 Å². The number of rotatable bonds is 3. The van der Waals surface area contributed by atoms with Gasteiger partial charge < -0.3 is 0 Å². The first-order chi connectivity index (χ1) is 8.56. The minimum absolute atomic E-state index is 0.311. The molecule has 3 heteroatoms. The fourth-order valence-electron chi connectivity index (χ4n) is 1.91.